The van der Waals surface area contributed by atoms with Crippen LogP contribution in [-0.2, 0) is 4.79 Å². The number of nitrogens with zero attached hydrogens (tertiary/aromatic N) is 2. The zero-order chi connectivity index (χ0) is 12.0. The Labute approximate surface area is 101 Å². The second-order valence-electron chi connectivity index (χ2n) is 2.93. The summed E-state index contributed by atoms with van der Waals surface area (Å²) in [6.45, 7) is 0. The van der Waals surface area contributed by atoms with Gasteiger partial charge >= 0.3 is 5.97 Å². The summed E-state index contributed by atoms with van der Waals surface area (Å²) in [5.41, 5.74) is 0. The summed E-state index contributed by atoms with van der Waals surface area (Å²) in [4.78, 5) is 22.7. The normalized spacial score (nSPS) is 12.1. The van der Waals surface area contributed by atoms with Crippen LogP contribution in [0.5, 0.6) is 0 Å². The quantitative estimate of drug-likeness (QED) is 0.773. The minimum absolute atomic E-state index is 0.315. The first kappa shape index (κ1) is 12.9. The fourth-order valence-corrected chi connectivity index (χ4v) is 1.88. The van der Waals surface area contributed by atoms with Crippen molar-refractivity contribution in [3.8, 4) is 0 Å². The largest absolute Gasteiger partial charge is 0.480 e. The maximum Gasteiger partial charge on any atom is 0.326 e. The smallest absolute Gasteiger partial charge is 0.326 e. The number of carbonyl (C=O) groups excluding carboxylic acids is 1. The highest BCUT2D eigenvalue weighted by Crippen LogP contribution is 2.05. The lowest BCUT2D eigenvalue weighted by Gasteiger charge is -2.12. The van der Waals surface area contributed by atoms with Gasteiger partial charge in [-0.3, -0.25) is 4.79 Å². The topological polar surface area (TPSA) is 92.2 Å². The molecule has 0 saturated heterocycles. The first-order chi connectivity index (χ1) is 7.65. The first-order valence-electron chi connectivity index (χ1n) is 4.45. The molecule has 0 aliphatic heterocycles. The Morgan fingerprint density at radius 2 is 2.44 bits per heavy atom. The number of carbonyl (C=O) groups is 2. The molecule has 6 nitrogen and oxygen atoms in total. The lowest BCUT2D eigenvalue weighted by Crippen LogP contribution is -2.40. The van der Waals surface area contributed by atoms with Crippen molar-refractivity contribution in [1.82, 2.24) is 14.9 Å². The van der Waals surface area contributed by atoms with Crippen LogP contribution >= 0.6 is 23.3 Å². The summed E-state index contributed by atoms with van der Waals surface area (Å²) in [6, 6.07) is -0.859. The molecule has 1 atom stereocenters. The number of aromatic nitrogens is 2. The molecule has 1 heterocycles. The summed E-state index contributed by atoms with van der Waals surface area (Å²) < 4.78 is 3.54. The lowest BCUT2D eigenvalue weighted by molar-refractivity contribution is -0.139. The van der Waals surface area contributed by atoms with Crippen molar-refractivity contribution in [2.75, 3.05) is 12.0 Å². The molecule has 0 unspecified atom stereocenters. The molecule has 16 heavy (non-hydrogen) atoms. The van der Waals surface area contributed by atoms with E-state index in [0.29, 0.717) is 17.1 Å². The van der Waals surface area contributed by atoms with Crippen LogP contribution in [0.4, 0.5) is 0 Å². The zero-order valence-electron chi connectivity index (χ0n) is 8.54. The van der Waals surface area contributed by atoms with E-state index in [1.165, 1.54) is 18.0 Å². The number of carboxylic acid groups (broad SMARTS) is 1. The minimum Gasteiger partial charge on any atom is -0.480 e. The van der Waals surface area contributed by atoms with Crippen molar-refractivity contribution >= 4 is 35.2 Å². The van der Waals surface area contributed by atoms with Crippen molar-refractivity contribution in [2.45, 2.75) is 12.5 Å². The molecule has 8 heteroatoms. The maximum absolute atomic E-state index is 11.5. The molecule has 1 aromatic rings. The molecule has 0 radical (unpaired) electrons. The number of amides is 1. The van der Waals surface area contributed by atoms with Crippen LogP contribution in [0.1, 0.15) is 16.1 Å². The van der Waals surface area contributed by atoms with Crippen molar-refractivity contribution in [3.63, 3.8) is 0 Å². The van der Waals surface area contributed by atoms with Crippen LogP contribution in [0.3, 0.4) is 0 Å². The fraction of sp³-hybridized carbons (Fsp3) is 0.500. The number of thioether (sulfide) groups is 1. The fourth-order valence-electron chi connectivity index (χ4n) is 0.990. The number of hydrogen-bond donors (Lipinski definition) is 2. The summed E-state index contributed by atoms with van der Waals surface area (Å²) in [6.07, 6.45) is 3.59. The van der Waals surface area contributed by atoms with Crippen LogP contribution in [0.15, 0.2) is 6.20 Å². The van der Waals surface area contributed by atoms with Gasteiger partial charge in [0.1, 0.15) is 10.9 Å². The lowest BCUT2D eigenvalue weighted by atomic mass is 10.2. The van der Waals surface area contributed by atoms with Crippen LogP contribution in [0.25, 0.3) is 0 Å². The van der Waals surface area contributed by atoms with Gasteiger partial charge in [-0.05, 0) is 30.0 Å². The highest BCUT2D eigenvalue weighted by atomic mass is 32.2. The Hall–Kier alpha value is -1.15. The van der Waals surface area contributed by atoms with Gasteiger partial charge in [0.25, 0.3) is 5.91 Å². The van der Waals surface area contributed by atoms with Gasteiger partial charge in [-0.2, -0.15) is 11.8 Å². The summed E-state index contributed by atoms with van der Waals surface area (Å²) in [5.74, 6) is -0.790. The molecule has 0 aliphatic rings. The molecule has 88 valence electrons. The van der Waals surface area contributed by atoms with E-state index in [4.69, 9.17) is 5.11 Å². The first-order valence-corrected chi connectivity index (χ1v) is 6.62. The van der Waals surface area contributed by atoms with E-state index in [2.05, 4.69) is 14.9 Å². The van der Waals surface area contributed by atoms with E-state index in [9.17, 15) is 9.59 Å². The Morgan fingerprint density at radius 3 is 2.94 bits per heavy atom. The Morgan fingerprint density at radius 1 is 1.69 bits per heavy atom. The molecule has 0 bridgehead atoms. The van der Waals surface area contributed by atoms with Gasteiger partial charge < -0.3 is 10.4 Å². The average Bonchev–Trinajstić information content (AvgIpc) is 2.76. The van der Waals surface area contributed by atoms with E-state index in [1.807, 2.05) is 6.26 Å². The number of carboxylic acids is 1. The third-order valence-electron chi connectivity index (χ3n) is 1.80. The second-order valence-corrected chi connectivity index (χ2v) is 4.70. The maximum atomic E-state index is 11.5. The number of rotatable bonds is 6. The van der Waals surface area contributed by atoms with Crippen LogP contribution in [-0.4, -0.2) is 44.6 Å². The van der Waals surface area contributed by atoms with E-state index < -0.39 is 17.9 Å². The number of hydrogen-bond acceptors (Lipinski definition) is 6. The van der Waals surface area contributed by atoms with Crippen molar-refractivity contribution in [1.29, 1.82) is 0 Å². The average molecular weight is 261 g/mol. The molecule has 0 aromatic carbocycles. The van der Waals surface area contributed by atoms with Gasteiger partial charge in [0.2, 0.25) is 0 Å². The molecule has 2 N–H and O–H groups in total. The van der Waals surface area contributed by atoms with Gasteiger partial charge in [-0.25, -0.2) is 4.79 Å². The van der Waals surface area contributed by atoms with Gasteiger partial charge in [0.05, 0.1) is 6.20 Å². The van der Waals surface area contributed by atoms with E-state index >= 15 is 0 Å². The second kappa shape index (κ2) is 6.44. The molecule has 0 aliphatic carbocycles. The third kappa shape index (κ3) is 3.78. The number of aliphatic carboxylic acids is 1. The summed E-state index contributed by atoms with van der Waals surface area (Å²) >= 11 is 2.47. The predicted octanol–water partition coefficient (Wildman–Crippen LogP) is 0.474. The zero-order valence-corrected chi connectivity index (χ0v) is 10.2. The Balaban J connectivity index is 2.54. The Bertz CT molecular complexity index is 355. The highest BCUT2D eigenvalue weighted by Gasteiger charge is 2.20. The van der Waals surface area contributed by atoms with Crippen LogP contribution in [0, 0.1) is 0 Å². The van der Waals surface area contributed by atoms with Crippen LogP contribution in [0.2, 0.25) is 0 Å². The monoisotopic (exact) mass is 261 g/mol. The molecular weight excluding hydrogens is 250 g/mol. The molecule has 0 fully saturated rings. The number of nitrogens with one attached hydrogen (secondary N) is 1. The van der Waals surface area contributed by atoms with Gasteiger partial charge in [0.15, 0.2) is 0 Å². The summed E-state index contributed by atoms with van der Waals surface area (Å²) in [7, 11) is 0. The van der Waals surface area contributed by atoms with Crippen molar-refractivity contribution in [3.05, 3.63) is 11.1 Å². The predicted molar refractivity (Wildman–Crippen MR) is 61.8 cm³/mol. The molecular formula is C8H11N3O3S2. The third-order valence-corrected chi connectivity index (χ3v) is 3.11. The minimum atomic E-state index is -1.03. The Kier molecular flexibility index (Phi) is 5.20. The van der Waals surface area contributed by atoms with Crippen molar-refractivity contribution < 1.29 is 14.7 Å². The molecule has 0 saturated carbocycles. The standard InChI is InChI=1S/C8H11N3O3S2/c1-15-3-2-5(8(13)14)10-7(12)6-4-9-11-16-6/h4-5H,2-3H2,1H3,(H,10,12)(H,13,14)/t5-/m1/s1. The van der Waals surface area contributed by atoms with E-state index in [1.54, 1.807) is 0 Å². The SMILES string of the molecule is CSCC[C@@H](NC(=O)c1cnns1)C(=O)O. The van der Waals surface area contributed by atoms with Crippen molar-refractivity contribution in [2.24, 2.45) is 0 Å². The van der Waals surface area contributed by atoms with E-state index in [0.717, 1.165) is 11.5 Å². The molecule has 1 amide bonds. The molecule has 1 rings (SSSR count). The summed E-state index contributed by atoms with van der Waals surface area (Å²) in [5, 5.41) is 14.8. The molecule has 1 aromatic heterocycles. The van der Waals surface area contributed by atoms with E-state index in [-0.39, 0.29) is 0 Å². The van der Waals surface area contributed by atoms with Gasteiger partial charge in [0, 0.05) is 0 Å². The van der Waals surface area contributed by atoms with Gasteiger partial charge in [-0.1, -0.05) is 4.49 Å². The van der Waals surface area contributed by atoms with Crippen LogP contribution < -0.4 is 5.32 Å². The highest BCUT2D eigenvalue weighted by molar-refractivity contribution is 7.98. The van der Waals surface area contributed by atoms with Gasteiger partial charge in [-0.15, -0.1) is 5.10 Å². The molecule has 0 spiro atoms.